The van der Waals surface area contributed by atoms with Crippen LogP contribution in [0.5, 0.6) is 0 Å². The van der Waals surface area contributed by atoms with Gasteiger partial charge in [0.1, 0.15) is 5.82 Å². The first-order valence-electron chi connectivity index (χ1n) is 6.70. The molecule has 7 heteroatoms. The van der Waals surface area contributed by atoms with Crippen LogP contribution in [-0.2, 0) is 0 Å². The van der Waals surface area contributed by atoms with E-state index in [9.17, 15) is 9.18 Å². The summed E-state index contributed by atoms with van der Waals surface area (Å²) in [7, 11) is 0. The van der Waals surface area contributed by atoms with Crippen LogP contribution in [0, 0.1) is 5.82 Å². The summed E-state index contributed by atoms with van der Waals surface area (Å²) in [6.07, 6.45) is 1.96. The monoisotopic (exact) mass is 329 g/mol. The van der Waals surface area contributed by atoms with Crippen LogP contribution in [0.4, 0.5) is 10.4 Å². The van der Waals surface area contributed by atoms with E-state index in [-0.39, 0.29) is 17.8 Å². The number of carbonyl (C=O) groups excluding carboxylic acids is 1. The van der Waals surface area contributed by atoms with Crippen LogP contribution in [0.25, 0.3) is 11.5 Å². The summed E-state index contributed by atoms with van der Waals surface area (Å²) in [4.78, 5) is 13.2. The zero-order valence-corrected chi connectivity index (χ0v) is 12.9. The smallest absolute Gasteiger partial charge is 0.322 e. The van der Waals surface area contributed by atoms with Gasteiger partial charge in [0.05, 0.1) is 0 Å². The summed E-state index contributed by atoms with van der Waals surface area (Å²) in [5, 5.41) is 10.1. The van der Waals surface area contributed by atoms with Gasteiger partial charge in [0.2, 0.25) is 5.89 Å². The third kappa shape index (κ3) is 3.57. The van der Waals surface area contributed by atoms with Gasteiger partial charge in [-0.1, -0.05) is 11.2 Å². The second-order valence-electron chi connectivity index (χ2n) is 4.61. The molecule has 0 saturated heterocycles. The number of carbonyl (C=O) groups is 1. The van der Waals surface area contributed by atoms with Crippen molar-refractivity contribution in [2.75, 3.05) is 11.6 Å². The second-order valence-corrected chi connectivity index (χ2v) is 5.48. The first-order chi connectivity index (χ1) is 11.2. The molecule has 1 N–H and O–H groups in total. The molecule has 3 aromatic rings. The second kappa shape index (κ2) is 6.62. The molecular formula is C16H12FN3O2S. The molecule has 0 spiro atoms. The summed E-state index contributed by atoms with van der Waals surface area (Å²) in [6.45, 7) is 0. The van der Waals surface area contributed by atoms with Crippen molar-refractivity contribution in [2.24, 2.45) is 0 Å². The highest BCUT2D eigenvalue weighted by Crippen LogP contribution is 2.21. The lowest BCUT2D eigenvalue weighted by Crippen LogP contribution is -2.11. The van der Waals surface area contributed by atoms with Crippen molar-refractivity contribution in [2.45, 2.75) is 4.90 Å². The van der Waals surface area contributed by atoms with Crippen molar-refractivity contribution < 1.29 is 13.6 Å². The van der Waals surface area contributed by atoms with Crippen LogP contribution in [-0.4, -0.2) is 22.4 Å². The highest BCUT2D eigenvalue weighted by Gasteiger charge is 2.13. The molecule has 0 unspecified atom stereocenters. The molecule has 1 heterocycles. The Labute approximate surface area is 135 Å². The minimum atomic E-state index is -0.403. The van der Waals surface area contributed by atoms with E-state index in [1.807, 2.05) is 18.4 Å². The van der Waals surface area contributed by atoms with E-state index in [2.05, 4.69) is 15.5 Å². The third-order valence-electron chi connectivity index (χ3n) is 3.07. The van der Waals surface area contributed by atoms with Crippen LogP contribution in [0.1, 0.15) is 10.4 Å². The van der Waals surface area contributed by atoms with Crippen LogP contribution >= 0.6 is 11.8 Å². The number of benzene rings is 2. The number of nitrogens with zero attached hydrogens (tertiary/aromatic N) is 2. The molecule has 0 radical (unpaired) electrons. The van der Waals surface area contributed by atoms with Crippen LogP contribution in [0.15, 0.2) is 57.8 Å². The number of nitrogens with one attached hydrogen (secondary N) is 1. The summed E-state index contributed by atoms with van der Waals surface area (Å²) >= 11 is 1.59. The van der Waals surface area contributed by atoms with E-state index < -0.39 is 5.82 Å². The average molecular weight is 329 g/mol. The number of anilines is 1. The maximum atomic E-state index is 13.2. The number of hydrogen-bond acceptors (Lipinski definition) is 5. The minimum absolute atomic E-state index is 0.0387. The molecule has 3 rings (SSSR count). The predicted octanol–water partition coefficient (Wildman–Crippen LogP) is 3.85. The number of aromatic nitrogens is 2. The average Bonchev–Trinajstić information content (AvgIpc) is 3.03. The zero-order valence-electron chi connectivity index (χ0n) is 12.1. The number of thioether (sulfide) groups is 1. The summed E-state index contributed by atoms with van der Waals surface area (Å²) in [6, 6.07) is 12.9. The van der Waals surface area contributed by atoms with Crippen LogP contribution < -0.4 is 5.32 Å². The normalized spacial score (nSPS) is 10.5. The predicted molar refractivity (Wildman–Crippen MR) is 85.9 cm³/mol. The SMILES string of the molecule is CSc1ccc(C(=O)Nc2nnc(-c3cccc(F)c3)o2)cc1. The zero-order chi connectivity index (χ0) is 16.2. The van der Waals surface area contributed by atoms with E-state index >= 15 is 0 Å². The number of hydrogen-bond donors (Lipinski definition) is 1. The molecule has 1 aromatic heterocycles. The maximum absolute atomic E-state index is 13.2. The van der Waals surface area contributed by atoms with E-state index in [1.54, 1.807) is 36.0 Å². The van der Waals surface area contributed by atoms with Crippen molar-refractivity contribution in [3.63, 3.8) is 0 Å². The fraction of sp³-hybridized carbons (Fsp3) is 0.0625. The van der Waals surface area contributed by atoms with Crippen LogP contribution in [0.2, 0.25) is 0 Å². The van der Waals surface area contributed by atoms with Gasteiger partial charge in [0.15, 0.2) is 0 Å². The molecule has 0 atom stereocenters. The third-order valence-corrected chi connectivity index (χ3v) is 3.81. The van der Waals surface area contributed by atoms with Gasteiger partial charge in [-0.15, -0.1) is 16.9 Å². The highest BCUT2D eigenvalue weighted by atomic mass is 32.2. The number of halogens is 1. The lowest BCUT2D eigenvalue weighted by molar-refractivity contribution is 0.102. The molecule has 0 saturated carbocycles. The van der Waals surface area contributed by atoms with Crippen LogP contribution in [0.3, 0.4) is 0 Å². The molecule has 0 bridgehead atoms. The topological polar surface area (TPSA) is 68.0 Å². The molecule has 0 fully saturated rings. The van der Waals surface area contributed by atoms with Crippen molar-refractivity contribution in [3.05, 3.63) is 59.9 Å². The molecule has 1 amide bonds. The van der Waals surface area contributed by atoms with Gasteiger partial charge < -0.3 is 4.42 Å². The van der Waals surface area contributed by atoms with Gasteiger partial charge in [-0.2, -0.15) is 0 Å². The largest absolute Gasteiger partial charge is 0.403 e. The molecule has 0 aliphatic heterocycles. The van der Waals surface area contributed by atoms with E-state index in [4.69, 9.17) is 4.42 Å². The van der Waals surface area contributed by atoms with Gasteiger partial charge in [0.25, 0.3) is 5.91 Å². The molecule has 23 heavy (non-hydrogen) atoms. The standard InChI is InChI=1S/C16H12FN3O2S/c1-23-13-7-5-10(6-8-13)14(21)18-16-20-19-15(22-16)11-3-2-4-12(17)9-11/h2-9H,1H3,(H,18,20,21). The van der Waals surface area contributed by atoms with E-state index in [0.29, 0.717) is 11.1 Å². The molecular weight excluding hydrogens is 317 g/mol. The van der Waals surface area contributed by atoms with Crippen molar-refractivity contribution in [1.29, 1.82) is 0 Å². The summed E-state index contributed by atoms with van der Waals surface area (Å²) < 4.78 is 18.5. The van der Waals surface area contributed by atoms with Gasteiger partial charge in [0, 0.05) is 16.0 Å². The van der Waals surface area contributed by atoms with Gasteiger partial charge >= 0.3 is 6.01 Å². The fourth-order valence-electron chi connectivity index (χ4n) is 1.92. The van der Waals surface area contributed by atoms with Crippen molar-refractivity contribution in [3.8, 4) is 11.5 Å². The van der Waals surface area contributed by atoms with E-state index in [1.165, 1.54) is 12.1 Å². The Morgan fingerprint density at radius 2 is 1.96 bits per heavy atom. The molecule has 0 aliphatic rings. The van der Waals surface area contributed by atoms with Gasteiger partial charge in [-0.3, -0.25) is 10.1 Å². The Hall–Kier alpha value is -2.67. The first-order valence-corrected chi connectivity index (χ1v) is 7.93. The van der Waals surface area contributed by atoms with Gasteiger partial charge in [-0.05, 0) is 48.7 Å². The van der Waals surface area contributed by atoms with E-state index in [0.717, 1.165) is 4.90 Å². The maximum Gasteiger partial charge on any atom is 0.322 e. The van der Waals surface area contributed by atoms with Gasteiger partial charge in [-0.25, -0.2) is 4.39 Å². The minimum Gasteiger partial charge on any atom is -0.403 e. The quantitative estimate of drug-likeness (QED) is 0.736. The Bertz CT molecular complexity index is 833. The molecule has 0 aliphatic carbocycles. The first kappa shape index (κ1) is 15.2. The Kier molecular flexibility index (Phi) is 4.38. The Morgan fingerprint density at radius 1 is 1.17 bits per heavy atom. The molecule has 5 nitrogen and oxygen atoms in total. The summed E-state index contributed by atoms with van der Waals surface area (Å²) in [5.74, 6) is -0.621. The van der Waals surface area contributed by atoms with Crippen molar-refractivity contribution >= 4 is 23.7 Å². The highest BCUT2D eigenvalue weighted by molar-refractivity contribution is 7.98. The fourth-order valence-corrected chi connectivity index (χ4v) is 2.33. The lowest BCUT2D eigenvalue weighted by atomic mass is 10.2. The lowest BCUT2D eigenvalue weighted by Gasteiger charge is -2.01. The Morgan fingerprint density at radius 3 is 2.65 bits per heavy atom. The number of rotatable bonds is 4. The number of amides is 1. The van der Waals surface area contributed by atoms with Crippen molar-refractivity contribution in [1.82, 2.24) is 10.2 Å². The summed E-state index contributed by atoms with van der Waals surface area (Å²) in [5.41, 5.74) is 0.927. The molecule has 116 valence electrons. The molecule has 2 aromatic carbocycles. The Balaban J connectivity index is 1.74.